The van der Waals surface area contributed by atoms with Gasteiger partial charge in [0.1, 0.15) is 11.6 Å². The molecular formula is C33H27ClN2O4. The van der Waals surface area contributed by atoms with Crippen LogP contribution < -0.4 is 0 Å². The van der Waals surface area contributed by atoms with Crippen molar-refractivity contribution in [2.75, 3.05) is 13.0 Å². The van der Waals surface area contributed by atoms with Gasteiger partial charge in [0.15, 0.2) is 11.8 Å². The lowest BCUT2D eigenvalue weighted by Crippen LogP contribution is -2.56. The molecule has 0 N–H and O–H groups in total. The number of ether oxygens (including phenoxy) is 1. The minimum atomic E-state index is -1.24. The molecule has 200 valence electrons. The summed E-state index contributed by atoms with van der Waals surface area (Å²) in [5, 5.41) is 0. The smallest absolute Gasteiger partial charge is 0.331 e. The molecule has 2 amide bonds. The highest BCUT2D eigenvalue weighted by molar-refractivity contribution is 6.29. The van der Waals surface area contributed by atoms with E-state index in [9.17, 15) is 14.4 Å². The Morgan fingerprint density at radius 2 is 1.30 bits per heavy atom. The summed E-state index contributed by atoms with van der Waals surface area (Å²) < 4.78 is 5.30. The maximum Gasteiger partial charge on any atom is 0.331 e. The van der Waals surface area contributed by atoms with Crippen LogP contribution in [-0.2, 0) is 26.4 Å². The molecule has 4 aromatic carbocycles. The Kier molecular flexibility index (Phi) is 6.64. The van der Waals surface area contributed by atoms with E-state index < -0.39 is 35.4 Å². The molecule has 1 aliphatic carbocycles. The van der Waals surface area contributed by atoms with Crippen LogP contribution in [0.5, 0.6) is 0 Å². The van der Waals surface area contributed by atoms with Gasteiger partial charge in [-0.15, -0.1) is 11.6 Å². The van der Waals surface area contributed by atoms with E-state index in [0.717, 1.165) is 33.4 Å². The van der Waals surface area contributed by atoms with Crippen molar-refractivity contribution in [3.05, 3.63) is 131 Å². The van der Waals surface area contributed by atoms with E-state index in [4.69, 9.17) is 16.3 Å². The van der Waals surface area contributed by atoms with Crippen molar-refractivity contribution in [3.8, 4) is 11.1 Å². The van der Waals surface area contributed by atoms with E-state index >= 15 is 0 Å². The molecule has 0 aromatic heterocycles. The van der Waals surface area contributed by atoms with Gasteiger partial charge in [0.25, 0.3) is 0 Å². The van der Waals surface area contributed by atoms with Gasteiger partial charge in [0.05, 0.1) is 13.0 Å². The molecule has 1 aliphatic heterocycles. The number of Topliss-reactive ketones (excluding diaryl/α,β-unsaturated/α-hetero) is 1. The lowest BCUT2D eigenvalue weighted by atomic mass is 9.78. The van der Waals surface area contributed by atoms with Crippen LogP contribution >= 0.6 is 11.6 Å². The minimum Gasteiger partial charge on any atom is -0.467 e. The molecule has 2 atom stereocenters. The molecule has 0 spiro atoms. The van der Waals surface area contributed by atoms with E-state index in [1.165, 1.54) is 12.0 Å². The van der Waals surface area contributed by atoms with E-state index in [1.54, 1.807) is 4.90 Å². The quantitative estimate of drug-likeness (QED) is 0.221. The van der Waals surface area contributed by atoms with Crippen LogP contribution in [0.25, 0.3) is 11.1 Å². The zero-order valence-corrected chi connectivity index (χ0v) is 22.6. The van der Waals surface area contributed by atoms with Gasteiger partial charge in [-0.3, -0.25) is 9.69 Å². The Morgan fingerprint density at radius 3 is 1.85 bits per heavy atom. The monoisotopic (exact) mass is 550 g/mol. The van der Waals surface area contributed by atoms with Gasteiger partial charge in [-0.05, 0) is 33.4 Å². The number of amides is 2. The fourth-order valence-electron chi connectivity index (χ4n) is 6.37. The van der Waals surface area contributed by atoms with Crippen molar-refractivity contribution >= 4 is 29.4 Å². The van der Waals surface area contributed by atoms with Gasteiger partial charge in [-0.1, -0.05) is 109 Å². The predicted molar refractivity (Wildman–Crippen MR) is 153 cm³/mol. The van der Waals surface area contributed by atoms with Crippen LogP contribution in [0.1, 0.15) is 22.3 Å². The molecule has 7 heteroatoms. The summed E-state index contributed by atoms with van der Waals surface area (Å²) in [5.74, 6) is -1.45. The Hall–Kier alpha value is -4.42. The topological polar surface area (TPSA) is 66.9 Å². The Bertz CT molecular complexity index is 1550. The average molecular weight is 551 g/mol. The molecule has 0 radical (unpaired) electrons. The number of hydrogen-bond acceptors (Lipinski definition) is 4. The lowest BCUT2D eigenvalue weighted by molar-refractivity contribution is -0.149. The van der Waals surface area contributed by atoms with Crippen molar-refractivity contribution in [1.29, 1.82) is 0 Å². The minimum absolute atomic E-state index is 0.130. The van der Waals surface area contributed by atoms with Crippen LogP contribution in [0, 0.1) is 0 Å². The summed E-state index contributed by atoms with van der Waals surface area (Å²) in [6, 6.07) is 32.0. The first kappa shape index (κ1) is 25.8. The fourth-order valence-corrected chi connectivity index (χ4v) is 6.53. The molecule has 0 bridgehead atoms. The number of urea groups is 1. The van der Waals surface area contributed by atoms with E-state index in [0.29, 0.717) is 0 Å². The van der Waals surface area contributed by atoms with Crippen molar-refractivity contribution in [3.63, 3.8) is 0 Å². The average Bonchev–Trinajstić information content (AvgIpc) is 3.47. The first-order chi connectivity index (χ1) is 19.5. The Morgan fingerprint density at radius 1 is 0.775 bits per heavy atom. The van der Waals surface area contributed by atoms with Gasteiger partial charge in [-0.2, -0.15) is 0 Å². The van der Waals surface area contributed by atoms with E-state index in [-0.39, 0.29) is 12.4 Å². The highest BCUT2D eigenvalue weighted by Crippen LogP contribution is 2.56. The standard InChI is InChI=1S/C33H27ClN2O4/c1-40-31(38)30-29(28(37)20-34)35(21-22-12-4-2-5-13-22)32(39)36(30)33(23-14-6-3-7-15-23)26-18-10-8-16-24(26)25-17-9-11-19-27(25)33/h2-19,29-30H,20-21H2,1H3/t29-,30+/m1/s1. The summed E-state index contributed by atoms with van der Waals surface area (Å²) >= 11 is 6.12. The number of fused-ring (bicyclic) bond motifs is 3. The molecule has 1 fully saturated rings. The van der Waals surface area contributed by atoms with Gasteiger partial charge in [-0.25, -0.2) is 9.59 Å². The molecule has 1 saturated heterocycles. The molecule has 0 unspecified atom stereocenters. The molecule has 40 heavy (non-hydrogen) atoms. The van der Waals surface area contributed by atoms with Gasteiger partial charge in [0, 0.05) is 6.54 Å². The molecule has 4 aromatic rings. The van der Waals surface area contributed by atoms with E-state index in [2.05, 4.69) is 0 Å². The number of nitrogens with zero attached hydrogens (tertiary/aromatic N) is 2. The van der Waals surface area contributed by atoms with Crippen LogP contribution in [0.2, 0.25) is 0 Å². The highest BCUT2D eigenvalue weighted by atomic mass is 35.5. The SMILES string of the molecule is COC(=O)[C@@H]1[C@@H](C(=O)CCl)N(Cc2ccccc2)C(=O)N1C1(c2ccccc2)c2ccccc2-c2ccccc21. The third-order valence-corrected chi connectivity index (χ3v) is 8.21. The second-order valence-electron chi connectivity index (χ2n) is 9.95. The first-order valence-electron chi connectivity index (χ1n) is 13.1. The first-order valence-corrected chi connectivity index (χ1v) is 13.6. The van der Waals surface area contributed by atoms with Crippen molar-refractivity contribution in [2.45, 2.75) is 24.2 Å². The number of hydrogen-bond donors (Lipinski definition) is 0. The Labute approximate surface area is 237 Å². The summed E-state index contributed by atoms with van der Waals surface area (Å²) in [6.45, 7) is 0.130. The molecule has 6 rings (SSSR count). The third kappa shape index (κ3) is 3.74. The molecule has 0 saturated carbocycles. The number of esters is 1. The molecule has 1 heterocycles. The maximum absolute atomic E-state index is 14.8. The van der Waals surface area contributed by atoms with Crippen molar-refractivity contribution < 1.29 is 19.1 Å². The number of halogens is 1. The summed E-state index contributed by atoms with van der Waals surface area (Å²) in [4.78, 5) is 45.1. The van der Waals surface area contributed by atoms with Crippen LogP contribution in [0.3, 0.4) is 0 Å². The zero-order chi connectivity index (χ0) is 27.9. The van der Waals surface area contributed by atoms with Crippen LogP contribution in [0.4, 0.5) is 4.79 Å². The second kappa shape index (κ2) is 10.3. The number of carbonyl (C=O) groups is 3. The number of alkyl halides is 1. The normalized spacial score (nSPS) is 18.8. The van der Waals surface area contributed by atoms with Crippen molar-refractivity contribution in [2.24, 2.45) is 0 Å². The number of rotatable bonds is 7. The third-order valence-electron chi connectivity index (χ3n) is 7.94. The van der Waals surface area contributed by atoms with Gasteiger partial charge < -0.3 is 9.64 Å². The van der Waals surface area contributed by atoms with Gasteiger partial charge in [0.2, 0.25) is 0 Å². The fraction of sp³-hybridized carbons (Fsp3) is 0.182. The molecule has 2 aliphatic rings. The maximum atomic E-state index is 14.8. The predicted octanol–water partition coefficient (Wildman–Crippen LogP) is 5.61. The molecular weight excluding hydrogens is 524 g/mol. The highest BCUT2D eigenvalue weighted by Gasteiger charge is 2.63. The summed E-state index contributed by atoms with van der Waals surface area (Å²) in [7, 11) is 1.28. The number of benzene rings is 4. The van der Waals surface area contributed by atoms with E-state index in [1.807, 2.05) is 109 Å². The van der Waals surface area contributed by atoms with Crippen LogP contribution in [-0.4, -0.2) is 52.7 Å². The second-order valence-corrected chi connectivity index (χ2v) is 10.2. The molecule has 6 nitrogen and oxygen atoms in total. The number of ketones is 1. The number of methoxy groups -OCH3 is 1. The van der Waals surface area contributed by atoms with Crippen molar-refractivity contribution in [1.82, 2.24) is 9.80 Å². The number of carbonyl (C=O) groups excluding carboxylic acids is 3. The Balaban J connectivity index is 1.67. The lowest BCUT2D eigenvalue weighted by Gasteiger charge is -2.43. The zero-order valence-electron chi connectivity index (χ0n) is 21.9. The summed E-state index contributed by atoms with van der Waals surface area (Å²) in [6.07, 6.45) is 0. The summed E-state index contributed by atoms with van der Waals surface area (Å²) in [5.41, 5.74) is 4.04. The van der Waals surface area contributed by atoms with Crippen LogP contribution in [0.15, 0.2) is 109 Å². The largest absolute Gasteiger partial charge is 0.467 e. The van der Waals surface area contributed by atoms with Gasteiger partial charge >= 0.3 is 12.0 Å².